The Labute approximate surface area is 122 Å². The smallest absolute Gasteiger partial charge is 1.00 e. The molecule has 0 aromatic heterocycles. The van der Waals surface area contributed by atoms with Gasteiger partial charge in [-0.3, -0.25) is 0 Å². The second-order valence-electron chi connectivity index (χ2n) is 3.84. The van der Waals surface area contributed by atoms with Crippen molar-refractivity contribution in [2.45, 2.75) is 46.5 Å². The van der Waals surface area contributed by atoms with Crippen LogP contribution in [0.25, 0.3) is 0 Å². The standard InChI is InChI=1S/C12H19.2ClH.Zr/c1-4-12(5-2,6-3)11-9-7-8-10-11;;;/h7,9H,4-6,8H2,1-3H3;2*1H;/q;;;+2/p-2. The van der Waals surface area contributed by atoms with E-state index in [-0.39, 0.29) is 24.8 Å². The summed E-state index contributed by atoms with van der Waals surface area (Å²) >= 11 is 1.61. The predicted molar refractivity (Wildman–Crippen MR) is 54.1 cm³/mol. The molecule has 0 aromatic carbocycles. The van der Waals surface area contributed by atoms with Gasteiger partial charge in [-0.15, -0.1) is 0 Å². The number of halogens is 2. The molecule has 0 unspecified atom stereocenters. The van der Waals surface area contributed by atoms with E-state index in [0.717, 1.165) is 0 Å². The van der Waals surface area contributed by atoms with Crippen molar-refractivity contribution in [3.63, 3.8) is 0 Å². The maximum atomic E-state index is 2.38. The first kappa shape index (κ1) is 18.3. The van der Waals surface area contributed by atoms with Crippen molar-refractivity contribution in [3.05, 3.63) is 21.0 Å². The van der Waals surface area contributed by atoms with Crippen LogP contribution in [0.3, 0.4) is 0 Å². The van der Waals surface area contributed by atoms with Gasteiger partial charge in [0.1, 0.15) is 0 Å². The van der Waals surface area contributed by atoms with Crippen molar-refractivity contribution in [3.8, 4) is 0 Å². The number of hydrogen-bond donors (Lipinski definition) is 0. The zero-order valence-electron chi connectivity index (χ0n) is 9.74. The second-order valence-corrected chi connectivity index (χ2v) is 5.32. The van der Waals surface area contributed by atoms with Crippen molar-refractivity contribution in [1.29, 1.82) is 0 Å². The first-order valence-corrected chi connectivity index (χ1v) is 6.54. The minimum Gasteiger partial charge on any atom is -1.00 e. The Kier molecular flexibility index (Phi) is 9.88. The van der Waals surface area contributed by atoms with Crippen LogP contribution < -0.4 is 24.8 Å². The maximum Gasteiger partial charge on any atom is -1.00 e. The van der Waals surface area contributed by atoms with Gasteiger partial charge in [0.05, 0.1) is 0 Å². The van der Waals surface area contributed by atoms with Gasteiger partial charge in [0, 0.05) is 0 Å². The maximum absolute atomic E-state index is 2.38. The minimum atomic E-state index is 0. The third-order valence-corrected chi connectivity index (χ3v) is 4.70. The Morgan fingerprint density at radius 3 is 1.87 bits per heavy atom. The van der Waals surface area contributed by atoms with Crippen LogP contribution in [0, 0.1) is 5.41 Å². The Morgan fingerprint density at radius 2 is 1.60 bits per heavy atom. The van der Waals surface area contributed by atoms with Crippen molar-refractivity contribution >= 4 is 0 Å². The zero-order valence-corrected chi connectivity index (χ0v) is 13.7. The van der Waals surface area contributed by atoms with Gasteiger partial charge in [-0.25, -0.2) is 0 Å². The normalized spacial score (nSPS) is 15.0. The van der Waals surface area contributed by atoms with Gasteiger partial charge in [-0.05, 0) is 0 Å². The third kappa shape index (κ3) is 3.72. The molecule has 3 heteroatoms. The van der Waals surface area contributed by atoms with Crippen molar-refractivity contribution in [2.24, 2.45) is 5.41 Å². The molecule has 0 bridgehead atoms. The molecule has 0 spiro atoms. The average molecular weight is 325 g/mol. The predicted octanol–water partition coefficient (Wildman–Crippen LogP) is -2.03. The molecule has 85 valence electrons. The first-order chi connectivity index (χ1) is 6.20. The monoisotopic (exact) mass is 323 g/mol. The van der Waals surface area contributed by atoms with Gasteiger partial charge in [-0.2, -0.15) is 0 Å². The van der Waals surface area contributed by atoms with E-state index in [1.54, 1.807) is 33.6 Å². The van der Waals surface area contributed by atoms with Gasteiger partial charge in [0.2, 0.25) is 0 Å². The third-order valence-electron chi connectivity index (χ3n) is 3.53. The fourth-order valence-electron chi connectivity index (χ4n) is 2.32. The van der Waals surface area contributed by atoms with E-state index < -0.39 is 0 Å². The van der Waals surface area contributed by atoms with Crippen molar-refractivity contribution in [2.75, 3.05) is 0 Å². The molecule has 0 atom stereocenters. The molecular weight excluding hydrogens is 306 g/mol. The Hall–Kier alpha value is 0.943. The van der Waals surface area contributed by atoms with Crippen LogP contribution in [0.15, 0.2) is 21.0 Å². The van der Waals surface area contributed by atoms with E-state index in [0.29, 0.717) is 5.41 Å². The summed E-state index contributed by atoms with van der Waals surface area (Å²) in [5.74, 6) is 0. The fourth-order valence-corrected chi connectivity index (χ4v) is 3.47. The van der Waals surface area contributed by atoms with Crippen LogP contribution in [-0.4, -0.2) is 0 Å². The molecule has 0 N–H and O–H groups in total. The van der Waals surface area contributed by atoms with E-state index in [1.807, 2.05) is 0 Å². The molecule has 0 nitrogen and oxygen atoms in total. The van der Waals surface area contributed by atoms with Gasteiger partial charge in [0.15, 0.2) is 0 Å². The van der Waals surface area contributed by atoms with Crippen LogP contribution in [-0.2, 0) is 24.7 Å². The van der Waals surface area contributed by atoms with Gasteiger partial charge in [-0.1, -0.05) is 0 Å². The quantitative estimate of drug-likeness (QED) is 0.559. The largest absolute Gasteiger partial charge is 1.00 e. The molecule has 0 radical (unpaired) electrons. The second kappa shape index (κ2) is 8.10. The number of allylic oxidation sites excluding steroid dienone is 4. The summed E-state index contributed by atoms with van der Waals surface area (Å²) in [5.41, 5.74) is 2.16. The van der Waals surface area contributed by atoms with Crippen LogP contribution >= 0.6 is 0 Å². The van der Waals surface area contributed by atoms with E-state index in [9.17, 15) is 0 Å². The summed E-state index contributed by atoms with van der Waals surface area (Å²) in [5, 5.41) is 0. The van der Waals surface area contributed by atoms with E-state index in [1.165, 1.54) is 25.7 Å². The van der Waals surface area contributed by atoms with Crippen LogP contribution in [0.4, 0.5) is 0 Å². The molecular formula is C12H19Cl2Zr. The molecule has 15 heavy (non-hydrogen) atoms. The summed E-state index contributed by atoms with van der Waals surface area (Å²) in [7, 11) is 0. The summed E-state index contributed by atoms with van der Waals surface area (Å²) in [4.78, 5) is 0. The fraction of sp³-hybridized carbons (Fsp3) is 0.667. The van der Waals surface area contributed by atoms with Crippen LogP contribution in [0.1, 0.15) is 46.5 Å². The van der Waals surface area contributed by atoms with E-state index in [2.05, 4.69) is 32.9 Å². The SMILES string of the molecule is CCC(CC)(CC)C1=[C]([Zr+2])CC=C1.[Cl-].[Cl-]. The number of rotatable bonds is 4. The zero-order chi connectivity index (χ0) is 9.90. The van der Waals surface area contributed by atoms with E-state index in [4.69, 9.17) is 0 Å². The van der Waals surface area contributed by atoms with Gasteiger partial charge in [0.25, 0.3) is 0 Å². The molecule has 1 aliphatic carbocycles. The first-order valence-electron chi connectivity index (χ1n) is 5.32. The van der Waals surface area contributed by atoms with E-state index >= 15 is 0 Å². The Morgan fingerprint density at radius 1 is 1.13 bits per heavy atom. The van der Waals surface area contributed by atoms with Crippen LogP contribution in [0.2, 0.25) is 0 Å². The van der Waals surface area contributed by atoms with Crippen molar-refractivity contribution in [1.82, 2.24) is 0 Å². The molecule has 0 heterocycles. The molecule has 1 rings (SSSR count). The summed E-state index contributed by atoms with van der Waals surface area (Å²) < 4.78 is 1.68. The molecule has 0 fully saturated rings. The molecule has 1 aliphatic rings. The van der Waals surface area contributed by atoms with Gasteiger partial charge < -0.3 is 24.8 Å². The molecule has 0 aromatic rings. The molecule has 0 aliphatic heterocycles. The van der Waals surface area contributed by atoms with Gasteiger partial charge >= 0.3 is 97.6 Å². The molecule has 0 amide bonds. The molecule has 0 saturated carbocycles. The Bertz CT molecular complexity index is 232. The summed E-state index contributed by atoms with van der Waals surface area (Å²) in [6, 6.07) is 0. The minimum absolute atomic E-state index is 0. The average Bonchev–Trinajstić information content (AvgIpc) is 2.57. The summed E-state index contributed by atoms with van der Waals surface area (Å²) in [6.45, 7) is 6.99. The topological polar surface area (TPSA) is 0 Å². The summed E-state index contributed by atoms with van der Waals surface area (Å²) in [6.07, 6.45) is 9.79. The Balaban J connectivity index is 0. The number of hydrogen-bond acceptors (Lipinski definition) is 0. The van der Waals surface area contributed by atoms with Crippen molar-refractivity contribution < 1.29 is 49.5 Å². The molecule has 0 saturated heterocycles. The van der Waals surface area contributed by atoms with Crippen LogP contribution in [0.5, 0.6) is 0 Å².